The van der Waals surface area contributed by atoms with Crippen LogP contribution >= 0.6 is 0 Å². The third-order valence-corrected chi connectivity index (χ3v) is 5.37. The summed E-state index contributed by atoms with van der Waals surface area (Å²) in [4.78, 5) is 27.9. The zero-order chi connectivity index (χ0) is 23.1. The van der Waals surface area contributed by atoms with Crippen molar-refractivity contribution in [3.8, 4) is 17.2 Å². The first kappa shape index (κ1) is 23.4. The number of fused-ring (bicyclic) bond motifs is 1. The van der Waals surface area contributed by atoms with Crippen LogP contribution in [0.25, 0.3) is 0 Å². The SMILES string of the molecule is CC[C@H](C(=O)NC(C)C)N(Cc1cccc(OC)c1)C(=O)CCc1ccc2c(c1)OCO2. The molecule has 0 aromatic heterocycles. The molecule has 2 aromatic carbocycles. The maximum atomic E-state index is 13.4. The molecule has 172 valence electrons. The smallest absolute Gasteiger partial charge is 0.243 e. The highest BCUT2D eigenvalue weighted by atomic mass is 16.7. The zero-order valence-electron chi connectivity index (χ0n) is 19.2. The summed E-state index contributed by atoms with van der Waals surface area (Å²) in [6, 6.07) is 12.7. The number of ether oxygens (including phenoxy) is 3. The molecule has 0 unspecified atom stereocenters. The van der Waals surface area contributed by atoms with Crippen molar-refractivity contribution in [3.63, 3.8) is 0 Å². The molecule has 3 rings (SSSR count). The highest BCUT2D eigenvalue weighted by Crippen LogP contribution is 2.33. The minimum absolute atomic E-state index is 0.000968. The Labute approximate surface area is 189 Å². The molecule has 2 aromatic rings. The molecule has 32 heavy (non-hydrogen) atoms. The lowest BCUT2D eigenvalue weighted by atomic mass is 10.1. The van der Waals surface area contributed by atoms with Crippen LogP contribution in [0.3, 0.4) is 0 Å². The molecule has 7 heteroatoms. The Balaban J connectivity index is 1.77. The minimum Gasteiger partial charge on any atom is -0.497 e. The van der Waals surface area contributed by atoms with E-state index in [0.29, 0.717) is 25.1 Å². The molecule has 1 aliphatic heterocycles. The fourth-order valence-electron chi connectivity index (χ4n) is 3.76. The Morgan fingerprint density at radius 2 is 1.88 bits per heavy atom. The fourth-order valence-corrected chi connectivity index (χ4v) is 3.76. The quantitative estimate of drug-likeness (QED) is 0.610. The van der Waals surface area contributed by atoms with Crippen LogP contribution in [-0.2, 0) is 22.6 Å². The van der Waals surface area contributed by atoms with Crippen molar-refractivity contribution in [3.05, 3.63) is 53.6 Å². The molecule has 7 nitrogen and oxygen atoms in total. The number of amides is 2. The molecule has 1 N–H and O–H groups in total. The van der Waals surface area contributed by atoms with Crippen LogP contribution in [0.4, 0.5) is 0 Å². The molecule has 0 radical (unpaired) electrons. The first-order valence-electron chi connectivity index (χ1n) is 11.0. The predicted octanol–water partition coefficient (Wildman–Crippen LogP) is 3.69. The highest BCUT2D eigenvalue weighted by Gasteiger charge is 2.29. The molecular formula is C25H32N2O5. The fraction of sp³-hybridized carbons (Fsp3) is 0.440. The van der Waals surface area contributed by atoms with Gasteiger partial charge in [-0.05, 0) is 62.1 Å². The Morgan fingerprint density at radius 1 is 1.09 bits per heavy atom. The van der Waals surface area contributed by atoms with Gasteiger partial charge >= 0.3 is 0 Å². The summed E-state index contributed by atoms with van der Waals surface area (Å²) in [5.74, 6) is 1.93. The number of aryl methyl sites for hydroxylation is 1. The number of hydrogen-bond acceptors (Lipinski definition) is 5. The summed E-state index contributed by atoms with van der Waals surface area (Å²) in [6.45, 7) is 6.31. The van der Waals surface area contributed by atoms with E-state index in [2.05, 4.69) is 5.32 Å². The average molecular weight is 441 g/mol. The largest absolute Gasteiger partial charge is 0.497 e. The summed E-state index contributed by atoms with van der Waals surface area (Å²) < 4.78 is 16.1. The number of benzene rings is 2. The number of hydrogen-bond donors (Lipinski definition) is 1. The van der Waals surface area contributed by atoms with Crippen molar-refractivity contribution in [2.75, 3.05) is 13.9 Å². The normalized spacial score (nSPS) is 13.0. The predicted molar refractivity (Wildman–Crippen MR) is 122 cm³/mol. The number of carbonyl (C=O) groups is 2. The van der Waals surface area contributed by atoms with Gasteiger partial charge in [0.05, 0.1) is 7.11 Å². The van der Waals surface area contributed by atoms with Gasteiger partial charge in [-0.2, -0.15) is 0 Å². The molecule has 0 saturated heterocycles. The van der Waals surface area contributed by atoms with Crippen molar-refractivity contribution in [2.45, 2.75) is 58.7 Å². The first-order valence-corrected chi connectivity index (χ1v) is 11.0. The van der Waals surface area contributed by atoms with Gasteiger partial charge in [-0.3, -0.25) is 9.59 Å². The van der Waals surface area contributed by atoms with E-state index in [9.17, 15) is 9.59 Å². The summed E-state index contributed by atoms with van der Waals surface area (Å²) in [5, 5.41) is 2.95. The number of nitrogens with one attached hydrogen (secondary N) is 1. The second-order valence-corrected chi connectivity index (χ2v) is 8.15. The van der Waals surface area contributed by atoms with Crippen LogP contribution in [0.5, 0.6) is 17.2 Å². The molecule has 1 aliphatic rings. The molecule has 1 heterocycles. The molecule has 2 amide bonds. The van der Waals surface area contributed by atoms with E-state index in [0.717, 1.165) is 22.6 Å². The maximum Gasteiger partial charge on any atom is 0.243 e. The second-order valence-electron chi connectivity index (χ2n) is 8.15. The van der Waals surface area contributed by atoms with Crippen molar-refractivity contribution >= 4 is 11.8 Å². The van der Waals surface area contributed by atoms with Crippen molar-refractivity contribution in [2.24, 2.45) is 0 Å². The second kappa shape index (κ2) is 10.9. The number of methoxy groups -OCH3 is 1. The van der Waals surface area contributed by atoms with Gasteiger partial charge in [0.25, 0.3) is 0 Å². The van der Waals surface area contributed by atoms with E-state index >= 15 is 0 Å². The van der Waals surface area contributed by atoms with E-state index in [-0.39, 0.29) is 31.1 Å². The molecule has 0 fully saturated rings. The Bertz CT molecular complexity index is 944. The first-order chi connectivity index (χ1) is 15.4. The van der Waals surface area contributed by atoms with Gasteiger partial charge in [-0.1, -0.05) is 25.1 Å². The average Bonchev–Trinajstić information content (AvgIpc) is 3.25. The van der Waals surface area contributed by atoms with Gasteiger partial charge in [-0.25, -0.2) is 0 Å². The number of carbonyl (C=O) groups excluding carboxylic acids is 2. The Hall–Kier alpha value is -3.22. The standard InChI is InChI=1S/C25H32N2O5/c1-5-21(25(29)26-17(2)3)27(15-19-7-6-8-20(13-19)30-4)24(28)12-10-18-9-11-22-23(14-18)32-16-31-22/h6-9,11,13-14,17,21H,5,10,12,15-16H2,1-4H3,(H,26,29)/t21-/m1/s1. The zero-order valence-corrected chi connectivity index (χ0v) is 19.2. The van der Waals surface area contributed by atoms with Gasteiger partial charge < -0.3 is 24.4 Å². The molecular weight excluding hydrogens is 408 g/mol. The molecule has 0 bridgehead atoms. The van der Waals surface area contributed by atoms with Crippen molar-refractivity contribution in [1.29, 1.82) is 0 Å². The lowest BCUT2D eigenvalue weighted by Gasteiger charge is -2.31. The van der Waals surface area contributed by atoms with Gasteiger partial charge in [0.2, 0.25) is 18.6 Å². The van der Waals surface area contributed by atoms with E-state index < -0.39 is 6.04 Å². The third kappa shape index (κ3) is 5.93. The molecule has 1 atom stereocenters. The van der Waals surface area contributed by atoms with Crippen LogP contribution in [0.15, 0.2) is 42.5 Å². The topological polar surface area (TPSA) is 77.1 Å². The summed E-state index contributed by atoms with van der Waals surface area (Å²) >= 11 is 0. The van der Waals surface area contributed by atoms with Crippen molar-refractivity contribution in [1.82, 2.24) is 10.2 Å². The molecule has 0 saturated carbocycles. The lowest BCUT2D eigenvalue weighted by molar-refractivity contribution is -0.141. The Kier molecular flexibility index (Phi) is 7.98. The summed E-state index contributed by atoms with van der Waals surface area (Å²) in [7, 11) is 1.61. The van der Waals surface area contributed by atoms with Crippen LogP contribution in [-0.4, -0.2) is 42.7 Å². The van der Waals surface area contributed by atoms with E-state index in [4.69, 9.17) is 14.2 Å². The van der Waals surface area contributed by atoms with Crippen LogP contribution in [0, 0.1) is 0 Å². The van der Waals surface area contributed by atoms with E-state index in [1.54, 1.807) is 12.0 Å². The van der Waals surface area contributed by atoms with E-state index in [1.807, 2.05) is 63.2 Å². The molecule has 0 spiro atoms. The Morgan fingerprint density at radius 3 is 2.59 bits per heavy atom. The minimum atomic E-state index is -0.548. The van der Waals surface area contributed by atoms with Crippen LogP contribution in [0.2, 0.25) is 0 Å². The number of nitrogens with zero attached hydrogens (tertiary/aromatic N) is 1. The molecule has 0 aliphatic carbocycles. The highest BCUT2D eigenvalue weighted by molar-refractivity contribution is 5.87. The van der Waals surface area contributed by atoms with Gasteiger partial charge in [-0.15, -0.1) is 0 Å². The maximum absolute atomic E-state index is 13.4. The van der Waals surface area contributed by atoms with Crippen LogP contribution < -0.4 is 19.5 Å². The van der Waals surface area contributed by atoms with Gasteiger partial charge in [0.15, 0.2) is 11.5 Å². The lowest BCUT2D eigenvalue weighted by Crippen LogP contribution is -2.50. The van der Waals surface area contributed by atoms with Crippen LogP contribution in [0.1, 0.15) is 44.7 Å². The van der Waals surface area contributed by atoms with E-state index in [1.165, 1.54) is 0 Å². The number of rotatable bonds is 10. The summed E-state index contributed by atoms with van der Waals surface area (Å²) in [6.07, 6.45) is 1.36. The van der Waals surface area contributed by atoms with Gasteiger partial charge in [0, 0.05) is 19.0 Å². The third-order valence-electron chi connectivity index (χ3n) is 5.37. The van der Waals surface area contributed by atoms with Crippen molar-refractivity contribution < 1.29 is 23.8 Å². The summed E-state index contributed by atoms with van der Waals surface area (Å²) in [5.41, 5.74) is 1.90. The monoisotopic (exact) mass is 440 g/mol. The van der Waals surface area contributed by atoms with Gasteiger partial charge in [0.1, 0.15) is 11.8 Å².